The van der Waals surface area contributed by atoms with E-state index in [1.54, 1.807) is 24.3 Å². The van der Waals surface area contributed by atoms with E-state index in [0.29, 0.717) is 5.56 Å². The molecule has 3 aromatic rings. The number of nitrogens with two attached hydrogens (primary N) is 1. The highest BCUT2D eigenvalue weighted by Crippen LogP contribution is 2.12. The second kappa shape index (κ2) is 14.3. The van der Waals surface area contributed by atoms with Gasteiger partial charge in [0.25, 0.3) is 0 Å². The molecule has 0 spiro atoms. The van der Waals surface area contributed by atoms with Gasteiger partial charge in [0, 0.05) is 12.8 Å². The molecule has 39 heavy (non-hydrogen) atoms. The zero-order valence-corrected chi connectivity index (χ0v) is 21.2. The molecule has 3 amide bonds. The largest absolute Gasteiger partial charge is 0.508 e. The van der Waals surface area contributed by atoms with Crippen molar-refractivity contribution in [2.75, 3.05) is 6.54 Å². The molecule has 3 atom stereocenters. The minimum atomic E-state index is -1.24. The van der Waals surface area contributed by atoms with Gasteiger partial charge in [-0.25, -0.2) is 0 Å². The highest BCUT2D eigenvalue weighted by Gasteiger charge is 2.29. The number of nitrogens with one attached hydrogen (secondary N) is 3. The first-order valence-electron chi connectivity index (χ1n) is 12.4. The van der Waals surface area contributed by atoms with Crippen LogP contribution < -0.4 is 21.7 Å². The number of carboxylic acid groups (broad SMARTS) is 1. The Kier molecular flexibility index (Phi) is 10.6. The van der Waals surface area contributed by atoms with Gasteiger partial charge in [-0.3, -0.25) is 19.2 Å². The highest BCUT2D eigenvalue weighted by atomic mass is 16.4. The van der Waals surface area contributed by atoms with Gasteiger partial charge in [0.1, 0.15) is 24.4 Å². The van der Waals surface area contributed by atoms with Gasteiger partial charge in [0.2, 0.25) is 17.7 Å². The van der Waals surface area contributed by atoms with E-state index in [0.717, 1.165) is 11.1 Å². The monoisotopic (exact) mass is 532 g/mol. The summed E-state index contributed by atoms with van der Waals surface area (Å²) in [5, 5.41) is 26.2. The molecule has 0 fully saturated rings. The molecule has 0 heterocycles. The molecule has 0 radical (unpaired) electrons. The summed E-state index contributed by atoms with van der Waals surface area (Å²) in [4.78, 5) is 50.3. The summed E-state index contributed by atoms with van der Waals surface area (Å²) >= 11 is 0. The van der Waals surface area contributed by atoms with Crippen molar-refractivity contribution in [3.63, 3.8) is 0 Å². The van der Waals surface area contributed by atoms with Crippen molar-refractivity contribution in [1.29, 1.82) is 0 Å². The molecule has 0 aliphatic rings. The fraction of sp³-hybridized carbons (Fsp3) is 0.241. The van der Waals surface area contributed by atoms with Crippen LogP contribution in [0.5, 0.6) is 5.75 Å². The summed E-state index contributed by atoms with van der Waals surface area (Å²) in [6.07, 6.45) is 0.434. The Morgan fingerprint density at radius 3 is 1.64 bits per heavy atom. The topological polar surface area (TPSA) is 171 Å². The number of amides is 3. The van der Waals surface area contributed by atoms with Crippen LogP contribution in [0, 0.1) is 0 Å². The molecule has 3 rings (SSSR count). The molecule has 0 saturated heterocycles. The third-order valence-electron chi connectivity index (χ3n) is 5.97. The lowest BCUT2D eigenvalue weighted by Gasteiger charge is -2.24. The van der Waals surface area contributed by atoms with Gasteiger partial charge in [-0.15, -0.1) is 0 Å². The zero-order chi connectivity index (χ0) is 28.2. The number of carboxylic acids is 1. The van der Waals surface area contributed by atoms with Crippen LogP contribution in [0.15, 0.2) is 84.9 Å². The number of phenolic OH excluding ortho intramolecular Hbond substituents is 1. The molecule has 3 aromatic carbocycles. The van der Waals surface area contributed by atoms with Gasteiger partial charge in [-0.1, -0.05) is 72.8 Å². The Hall–Kier alpha value is -4.70. The van der Waals surface area contributed by atoms with Crippen LogP contribution in [0.2, 0.25) is 0 Å². The number of carbonyl (C=O) groups is 4. The van der Waals surface area contributed by atoms with Crippen molar-refractivity contribution < 1.29 is 29.4 Å². The van der Waals surface area contributed by atoms with Crippen molar-refractivity contribution in [2.45, 2.75) is 37.4 Å². The van der Waals surface area contributed by atoms with Crippen LogP contribution >= 0.6 is 0 Å². The molecule has 0 aliphatic heterocycles. The van der Waals surface area contributed by atoms with E-state index >= 15 is 0 Å². The summed E-state index contributed by atoms with van der Waals surface area (Å²) in [6.45, 7) is -0.626. The van der Waals surface area contributed by atoms with Crippen LogP contribution in [0.4, 0.5) is 0 Å². The summed E-state index contributed by atoms with van der Waals surface area (Å²) in [6, 6.07) is 21.2. The maximum Gasteiger partial charge on any atom is 0.322 e. The van der Waals surface area contributed by atoms with Gasteiger partial charge in [-0.2, -0.15) is 0 Å². The summed E-state index contributed by atoms with van der Waals surface area (Å²) in [5.74, 6) is -3.06. The van der Waals surface area contributed by atoms with Crippen LogP contribution in [0.3, 0.4) is 0 Å². The molecule has 0 saturated carbocycles. The Balaban J connectivity index is 1.78. The third-order valence-corrected chi connectivity index (χ3v) is 5.97. The van der Waals surface area contributed by atoms with Crippen LogP contribution in [-0.4, -0.2) is 58.6 Å². The van der Waals surface area contributed by atoms with Crippen molar-refractivity contribution >= 4 is 23.7 Å². The molecule has 10 nitrogen and oxygen atoms in total. The molecule has 0 bridgehead atoms. The van der Waals surface area contributed by atoms with Crippen LogP contribution in [-0.2, 0) is 38.4 Å². The normalized spacial score (nSPS) is 12.9. The maximum atomic E-state index is 13.5. The number of benzene rings is 3. The van der Waals surface area contributed by atoms with Gasteiger partial charge < -0.3 is 31.9 Å². The predicted molar refractivity (Wildman–Crippen MR) is 145 cm³/mol. The lowest BCUT2D eigenvalue weighted by atomic mass is 10.0. The average molecular weight is 533 g/mol. The molecule has 0 aliphatic carbocycles. The number of phenols is 1. The van der Waals surface area contributed by atoms with E-state index in [9.17, 15) is 24.3 Å². The smallest absolute Gasteiger partial charge is 0.322 e. The Labute approximate surface area is 226 Å². The first kappa shape index (κ1) is 28.9. The third kappa shape index (κ3) is 9.60. The van der Waals surface area contributed by atoms with E-state index in [2.05, 4.69) is 16.0 Å². The molecular weight excluding hydrogens is 500 g/mol. The van der Waals surface area contributed by atoms with E-state index < -0.39 is 48.4 Å². The molecule has 0 aromatic heterocycles. The summed E-state index contributed by atoms with van der Waals surface area (Å²) < 4.78 is 0. The molecule has 10 heteroatoms. The number of aromatic hydroxyl groups is 1. The fourth-order valence-corrected chi connectivity index (χ4v) is 3.93. The highest BCUT2D eigenvalue weighted by molar-refractivity contribution is 5.94. The van der Waals surface area contributed by atoms with E-state index in [4.69, 9.17) is 10.8 Å². The Morgan fingerprint density at radius 2 is 1.10 bits per heavy atom. The van der Waals surface area contributed by atoms with Crippen molar-refractivity contribution in [3.05, 3.63) is 102 Å². The summed E-state index contributed by atoms with van der Waals surface area (Å²) in [7, 11) is 0. The number of hydrogen-bond donors (Lipinski definition) is 6. The molecule has 204 valence electrons. The van der Waals surface area contributed by atoms with Gasteiger partial charge in [0.15, 0.2) is 0 Å². The Morgan fingerprint density at radius 1 is 0.641 bits per heavy atom. The first-order chi connectivity index (χ1) is 18.7. The molecular formula is C29H32N4O6. The minimum Gasteiger partial charge on any atom is -0.508 e. The minimum absolute atomic E-state index is 0.0248. The van der Waals surface area contributed by atoms with Crippen molar-refractivity contribution in [1.82, 2.24) is 16.0 Å². The molecule has 3 unspecified atom stereocenters. The summed E-state index contributed by atoms with van der Waals surface area (Å²) in [5.41, 5.74) is 8.41. The zero-order valence-electron chi connectivity index (χ0n) is 21.2. The predicted octanol–water partition coefficient (Wildman–Crippen LogP) is 0.918. The number of carbonyl (C=O) groups excluding carboxylic acids is 3. The quantitative estimate of drug-likeness (QED) is 0.190. The fourth-order valence-electron chi connectivity index (χ4n) is 3.93. The van der Waals surface area contributed by atoms with E-state index in [1.165, 1.54) is 12.1 Å². The van der Waals surface area contributed by atoms with E-state index in [-0.39, 0.29) is 25.0 Å². The van der Waals surface area contributed by atoms with Gasteiger partial charge in [0.05, 0.1) is 6.04 Å². The van der Waals surface area contributed by atoms with Crippen molar-refractivity contribution in [2.24, 2.45) is 5.73 Å². The van der Waals surface area contributed by atoms with Crippen molar-refractivity contribution in [3.8, 4) is 5.75 Å². The molecule has 7 N–H and O–H groups in total. The van der Waals surface area contributed by atoms with Gasteiger partial charge >= 0.3 is 5.97 Å². The van der Waals surface area contributed by atoms with Gasteiger partial charge in [-0.05, 0) is 35.2 Å². The number of rotatable bonds is 13. The standard InChI is InChI=1S/C29H32N4O6/c30-23(15-19-7-3-1-4-8-19)27(37)32-25(16-20-9-5-2-6-10-20)29(39)33-24(28(38)31-18-26(35)36)17-21-11-13-22(34)14-12-21/h1-14,23-25,34H,15-18,30H2,(H,31,38)(H,32,37)(H,33,39)(H,35,36). The lowest BCUT2D eigenvalue weighted by molar-refractivity contribution is -0.138. The number of hydrogen-bond acceptors (Lipinski definition) is 6. The SMILES string of the molecule is NC(Cc1ccccc1)C(=O)NC(Cc1ccccc1)C(=O)NC(Cc1ccc(O)cc1)C(=O)NCC(=O)O. The lowest BCUT2D eigenvalue weighted by Crippen LogP contribution is -2.57. The number of aliphatic carboxylic acids is 1. The van der Waals surface area contributed by atoms with E-state index in [1.807, 2.05) is 48.5 Å². The second-order valence-corrected chi connectivity index (χ2v) is 9.09. The Bertz CT molecular complexity index is 1250. The first-order valence-corrected chi connectivity index (χ1v) is 12.4. The second-order valence-electron chi connectivity index (χ2n) is 9.09. The van der Waals surface area contributed by atoms with Crippen LogP contribution in [0.1, 0.15) is 16.7 Å². The maximum absolute atomic E-state index is 13.5. The average Bonchev–Trinajstić information content (AvgIpc) is 2.93. The van der Waals surface area contributed by atoms with Crippen LogP contribution in [0.25, 0.3) is 0 Å².